The van der Waals surface area contributed by atoms with Gasteiger partial charge in [-0.3, -0.25) is 9.69 Å². The van der Waals surface area contributed by atoms with Crippen molar-refractivity contribution in [2.45, 2.75) is 38.6 Å². The van der Waals surface area contributed by atoms with Gasteiger partial charge < -0.3 is 19.9 Å². The summed E-state index contributed by atoms with van der Waals surface area (Å²) < 4.78 is 11.4. The first-order valence-corrected chi connectivity index (χ1v) is 10.8. The summed E-state index contributed by atoms with van der Waals surface area (Å²) in [6, 6.07) is 12.8. The summed E-state index contributed by atoms with van der Waals surface area (Å²) in [4.78, 5) is 14.9. The lowest BCUT2D eigenvalue weighted by atomic mass is 10.1. The lowest BCUT2D eigenvalue weighted by molar-refractivity contribution is -0.117. The Labute approximate surface area is 182 Å². The summed E-state index contributed by atoms with van der Waals surface area (Å²) in [6.07, 6.45) is 3.81. The number of amides is 1. The Morgan fingerprint density at radius 1 is 1.23 bits per heavy atom. The van der Waals surface area contributed by atoms with E-state index in [1.807, 2.05) is 31.2 Å². The number of aliphatic hydroxyl groups is 1. The van der Waals surface area contributed by atoms with Gasteiger partial charge in [-0.15, -0.1) is 0 Å². The molecule has 1 fully saturated rings. The number of rotatable bonds is 10. The number of nitrogens with zero attached hydrogens (tertiary/aromatic N) is 1. The molecule has 1 atom stereocenters. The van der Waals surface area contributed by atoms with E-state index in [9.17, 15) is 4.79 Å². The van der Waals surface area contributed by atoms with Crippen molar-refractivity contribution in [1.29, 1.82) is 0 Å². The number of ether oxygens (including phenoxy) is 2. The molecule has 1 amide bonds. The van der Waals surface area contributed by atoms with Crippen LogP contribution in [0.1, 0.15) is 32.6 Å². The molecular weight excluding hydrogens is 404 g/mol. The van der Waals surface area contributed by atoms with Gasteiger partial charge in [-0.2, -0.15) is 0 Å². The minimum atomic E-state index is -0.107. The van der Waals surface area contributed by atoms with Crippen LogP contribution in [0.15, 0.2) is 42.5 Å². The van der Waals surface area contributed by atoms with Gasteiger partial charge in [0.15, 0.2) is 5.75 Å². The average molecular weight is 433 g/mol. The van der Waals surface area contributed by atoms with Crippen LogP contribution in [0, 0.1) is 0 Å². The lowest BCUT2D eigenvalue weighted by Gasteiger charge is -2.24. The zero-order valence-electron chi connectivity index (χ0n) is 17.3. The predicted octanol–water partition coefficient (Wildman–Crippen LogP) is 4.71. The Kier molecular flexibility index (Phi) is 8.37. The Morgan fingerprint density at radius 2 is 2.00 bits per heavy atom. The van der Waals surface area contributed by atoms with Gasteiger partial charge >= 0.3 is 0 Å². The monoisotopic (exact) mass is 432 g/mol. The third-order valence-corrected chi connectivity index (χ3v) is 5.35. The molecule has 1 unspecified atom stereocenters. The summed E-state index contributed by atoms with van der Waals surface area (Å²) in [7, 11) is 0. The van der Waals surface area contributed by atoms with Crippen molar-refractivity contribution in [3.05, 3.63) is 47.5 Å². The molecule has 7 heteroatoms. The highest BCUT2D eigenvalue weighted by Gasteiger charge is 2.26. The summed E-state index contributed by atoms with van der Waals surface area (Å²) in [5.41, 5.74) is 0.535. The molecule has 3 rings (SSSR count). The molecule has 1 saturated heterocycles. The van der Waals surface area contributed by atoms with Crippen molar-refractivity contribution >= 4 is 23.2 Å². The summed E-state index contributed by atoms with van der Waals surface area (Å²) >= 11 is 6.15. The minimum absolute atomic E-state index is 0.107. The van der Waals surface area contributed by atoms with Gasteiger partial charge in [-0.25, -0.2) is 0 Å². The number of halogens is 1. The minimum Gasteiger partial charge on any atom is -0.494 e. The first kappa shape index (κ1) is 22.4. The van der Waals surface area contributed by atoms with E-state index >= 15 is 0 Å². The third kappa shape index (κ3) is 6.36. The summed E-state index contributed by atoms with van der Waals surface area (Å²) in [5.74, 6) is 1.83. The van der Waals surface area contributed by atoms with Crippen LogP contribution in [0.4, 0.5) is 5.69 Å². The number of aliphatic hydroxyl groups excluding tert-OH is 1. The van der Waals surface area contributed by atoms with Crippen LogP contribution >= 0.6 is 11.6 Å². The van der Waals surface area contributed by atoms with E-state index in [1.165, 1.54) is 0 Å². The standard InChI is InChI=1S/C23H29ClN2O4/c1-2-29-19-8-10-20(11-9-19)30-22-12-7-17(24)15-21(22)25-23(28)16-26-13-3-5-18(26)6-4-14-27/h7-12,15,18,27H,2-6,13-14,16H2,1H3,(H,25,28). The smallest absolute Gasteiger partial charge is 0.238 e. The van der Waals surface area contributed by atoms with Gasteiger partial charge in [0.2, 0.25) is 5.91 Å². The molecule has 0 radical (unpaired) electrons. The van der Waals surface area contributed by atoms with Crippen LogP contribution in [-0.4, -0.2) is 48.3 Å². The lowest BCUT2D eigenvalue weighted by Crippen LogP contribution is -2.37. The number of nitrogens with one attached hydrogen (secondary N) is 1. The number of anilines is 1. The maximum absolute atomic E-state index is 12.7. The van der Waals surface area contributed by atoms with Crippen LogP contribution in [0.5, 0.6) is 17.2 Å². The normalized spacial score (nSPS) is 16.4. The zero-order valence-corrected chi connectivity index (χ0v) is 18.0. The van der Waals surface area contributed by atoms with Crippen molar-refractivity contribution in [3.8, 4) is 17.2 Å². The van der Waals surface area contributed by atoms with Gasteiger partial charge in [0.25, 0.3) is 0 Å². The molecule has 2 aromatic rings. The molecule has 1 aliphatic heterocycles. The Balaban J connectivity index is 1.65. The van der Waals surface area contributed by atoms with Gasteiger partial charge in [0, 0.05) is 17.7 Å². The van der Waals surface area contributed by atoms with E-state index in [2.05, 4.69) is 10.2 Å². The zero-order chi connectivity index (χ0) is 21.3. The molecule has 0 bridgehead atoms. The van der Waals surface area contributed by atoms with Crippen LogP contribution in [-0.2, 0) is 4.79 Å². The van der Waals surface area contributed by atoms with Crippen molar-refractivity contribution < 1.29 is 19.4 Å². The number of hydrogen-bond donors (Lipinski definition) is 2. The second-order valence-electron chi connectivity index (χ2n) is 7.33. The summed E-state index contributed by atoms with van der Waals surface area (Å²) in [6.45, 7) is 3.93. The molecule has 0 saturated carbocycles. The Hall–Kier alpha value is -2.28. The fraction of sp³-hybridized carbons (Fsp3) is 0.435. The maximum atomic E-state index is 12.7. The molecule has 30 heavy (non-hydrogen) atoms. The van der Waals surface area contributed by atoms with Crippen molar-refractivity contribution in [3.63, 3.8) is 0 Å². The molecule has 1 heterocycles. The highest BCUT2D eigenvalue weighted by molar-refractivity contribution is 6.31. The number of likely N-dealkylation sites (tertiary alicyclic amines) is 1. The first-order valence-electron chi connectivity index (χ1n) is 10.4. The van der Waals surface area contributed by atoms with Crippen molar-refractivity contribution in [2.75, 3.05) is 31.6 Å². The second kappa shape index (κ2) is 11.2. The molecule has 1 aliphatic rings. The topological polar surface area (TPSA) is 71.0 Å². The van der Waals surface area contributed by atoms with Gasteiger partial charge in [0.1, 0.15) is 11.5 Å². The van der Waals surface area contributed by atoms with Gasteiger partial charge in [0.05, 0.1) is 18.8 Å². The third-order valence-electron chi connectivity index (χ3n) is 5.12. The van der Waals surface area contributed by atoms with E-state index in [1.54, 1.807) is 18.2 Å². The van der Waals surface area contributed by atoms with Gasteiger partial charge in [-0.1, -0.05) is 11.6 Å². The molecule has 2 N–H and O–H groups in total. The molecule has 2 aromatic carbocycles. The number of carbonyl (C=O) groups is 1. The number of carbonyl (C=O) groups excluding carboxylic acids is 1. The Morgan fingerprint density at radius 3 is 2.73 bits per heavy atom. The van der Waals surface area contributed by atoms with Crippen LogP contribution in [0.2, 0.25) is 5.02 Å². The highest BCUT2D eigenvalue weighted by atomic mass is 35.5. The summed E-state index contributed by atoms with van der Waals surface area (Å²) in [5, 5.41) is 12.5. The van der Waals surface area contributed by atoms with Crippen LogP contribution < -0.4 is 14.8 Å². The van der Waals surface area contributed by atoms with E-state index in [0.717, 1.165) is 38.0 Å². The van der Waals surface area contributed by atoms with Crippen molar-refractivity contribution in [1.82, 2.24) is 4.90 Å². The van der Waals surface area contributed by atoms with Gasteiger partial charge in [-0.05, 0) is 81.6 Å². The first-order chi connectivity index (χ1) is 14.6. The fourth-order valence-electron chi connectivity index (χ4n) is 3.72. The maximum Gasteiger partial charge on any atom is 0.238 e. The quantitative estimate of drug-likeness (QED) is 0.569. The molecule has 6 nitrogen and oxygen atoms in total. The van der Waals surface area contributed by atoms with Crippen LogP contribution in [0.25, 0.3) is 0 Å². The fourth-order valence-corrected chi connectivity index (χ4v) is 3.89. The van der Waals surface area contributed by atoms with E-state index in [-0.39, 0.29) is 12.5 Å². The molecule has 0 aromatic heterocycles. The Bertz CT molecular complexity index is 828. The molecule has 0 spiro atoms. The predicted molar refractivity (Wildman–Crippen MR) is 119 cm³/mol. The van der Waals surface area contributed by atoms with E-state index in [0.29, 0.717) is 41.4 Å². The van der Waals surface area contributed by atoms with Crippen LogP contribution in [0.3, 0.4) is 0 Å². The highest BCUT2D eigenvalue weighted by Crippen LogP contribution is 2.33. The molecular formula is C23H29ClN2O4. The average Bonchev–Trinajstić information content (AvgIpc) is 3.16. The van der Waals surface area contributed by atoms with E-state index in [4.69, 9.17) is 26.2 Å². The second-order valence-corrected chi connectivity index (χ2v) is 7.76. The molecule has 0 aliphatic carbocycles. The SMILES string of the molecule is CCOc1ccc(Oc2ccc(Cl)cc2NC(=O)CN2CCCC2CCCO)cc1. The van der Waals surface area contributed by atoms with Crippen molar-refractivity contribution in [2.24, 2.45) is 0 Å². The number of benzene rings is 2. The largest absolute Gasteiger partial charge is 0.494 e. The van der Waals surface area contributed by atoms with E-state index < -0.39 is 0 Å². The number of hydrogen-bond acceptors (Lipinski definition) is 5. The molecule has 162 valence electrons.